The minimum Gasteiger partial charge on any atom is -0.491 e. The molecule has 0 radical (unpaired) electrons. The zero-order valence-corrected chi connectivity index (χ0v) is 15.7. The van der Waals surface area contributed by atoms with Crippen LogP contribution in [0.3, 0.4) is 0 Å². The maximum atomic E-state index is 12.6. The predicted octanol–water partition coefficient (Wildman–Crippen LogP) is 1.99. The second-order valence-electron chi connectivity index (χ2n) is 6.58. The molecule has 0 aromatic heterocycles. The minimum absolute atomic E-state index is 0.00606. The van der Waals surface area contributed by atoms with Crippen molar-refractivity contribution < 1.29 is 14.3 Å². The summed E-state index contributed by atoms with van der Waals surface area (Å²) in [5.74, 6) is 0.607. The summed E-state index contributed by atoms with van der Waals surface area (Å²) in [6, 6.07) is 7.30. The van der Waals surface area contributed by atoms with Gasteiger partial charge in [0.15, 0.2) is 0 Å². The fourth-order valence-electron chi connectivity index (χ4n) is 2.91. The average molecular weight is 347 g/mol. The Kier molecular flexibility index (Phi) is 6.82. The minimum atomic E-state index is -0.141. The van der Waals surface area contributed by atoms with E-state index in [1.165, 1.54) is 11.8 Å². The number of ether oxygens (including phenoxy) is 1. The van der Waals surface area contributed by atoms with Crippen LogP contribution in [0.1, 0.15) is 27.7 Å². The van der Waals surface area contributed by atoms with Crippen LogP contribution in [0.2, 0.25) is 0 Å². The number of hydrogen-bond acceptors (Lipinski definition) is 4. The van der Waals surface area contributed by atoms with Gasteiger partial charge in [0.1, 0.15) is 12.3 Å². The maximum absolute atomic E-state index is 12.6. The number of nitrogens with zero attached hydrogens (tertiary/aromatic N) is 3. The van der Waals surface area contributed by atoms with Crippen molar-refractivity contribution in [2.75, 3.05) is 44.2 Å². The maximum Gasteiger partial charge on any atom is 0.242 e. The Morgan fingerprint density at radius 2 is 1.72 bits per heavy atom. The van der Waals surface area contributed by atoms with E-state index in [4.69, 9.17) is 4.74 Å². The van der Waals surface area contributed by atoms with Crippen molar-refractivity contribution in [1.82, 2.24) is 9.80 Å². The summed E-state index contributed by atoms with van der Waals surface area (Å²) >= 11 is 0. The lowest BCUT2D eigenvalue weighted by atomic mass is 10.2. The van der Waals surface area contributed by atoms with Gasteiger partial charge in [0, 0.05) is 38.8 Å². The van der Waals surface area contributed by atoms with Gasteiger partial charge in [-0.1, -0.05) is 6.92 Å². The molecule has 0 N–H and O–H groups in total. The molecule has 2 rings (SSSR count). The highest BCUT2D eigenvalue weighted by atomic mass is 16.5. The second kappa shape index (κ2) is 8.85. The van der Waals surface area contributed by atoms with Crippen LogP contribution in [-0.4, -0.2) is 67.0 Å². The van der Waals surface area contributed by atoms with Gasteiger partial charge in [-0.2, -0.15) is 0 Å². The van der Waals surface area contributed by atoms with E-state index in [9.17, 15) is 9.59 Å². The Balaban J connectivity index is 2.01. The van der Waals surface area contributed by atoms with Gasteiger partial charge < -0.3 is 19.4 Å². The van der Waals surface area contributed by atoms with Crippen molar-refractivity contribution in [2.24, 2.45) is 0 Å². The van der Waals surface area contributed by atoms with Crippen molar-refractivity contribution in [3.63, 3.8) is 0 Å². The van der Waals surface area contributed by atoms with Crippen LogP contribution in [-0.2, 0) is 9.59 Å². The fourth-order valence-corrected chi connectivity index (χ4v) is 2.91. The molecule has 1 aromatic carbocycles. The third-order valence-electron chi connectivity index (χ3n) is 4.37. The van der Waals surface area contributed by atoms with Crippen LogP contribution in [0.25, 0.3) is 0 Å². The number of anilines is 1. The number of rotatable bonds is 6. The summed E-state index contributed by atoms with van der Waals surface area (Å²) in [5.41, 5.74) is 0.712. The first-order valence-corrected chi connectivity index (χ1v) is 8.95. The number of carbonyl (C=O) groups excluding carboxylic acids is 2. The molecule has 1 heterocycles. The molecule has 1 aliphatic rings. The SMILES string of the molecule is CCN1CCN(C(=O)CN(C(C)=O)c2ccc(OC(C)C)cc2)CC1. The summed E-state index contributed by atoms with van der Waals surface area (Å²) < 4.78 is 5.62. The van der Waals surface area contributed by atoms with Gasteiger partial charge in [0.25, 0.3) is 0 Å². The summed E-state index contributed by atoms with van der Waals surface area (Å²) in [4.78, 5) is 30.3. The fraction of sp³-hybridized carbons (Fsp3) is 0.579. The van der Waals surface area contributed by atoms with E-state index < -0.39 is 0 Å². The molecule has 25 heavy (non-hydrogen) atoms. The molecule has 1 fully saturated rings. The summed E-state index contributed by atoms with van der Waals surface area (Å²) in [5, 5.41) is 0. The van der Waals surface area contributed by atoms with Gasteiger partial charge >= 0.3 is 0 Å². The molecule has 6 nitrogen and oxygen atoms in total. The van der Waals surface area contributed by atoms with Gasteiger partial charge in [-0.25, -0.2) is 0 Å². The topological polar surface area (TPSA) is 53.1 Å². The Morgan fingerprint density at radius 3 is 2.20 bits per heavy atom. The smallest absolute Gasteiger partial charge is 0.242 e. The molecule has 0 spiro atoms. The quantitative estimate of drug-likeness (QED) is 0.790. The molecule has 138 valence electrons. The predicted molar refractivity (Wildman–Crippen MR) is 98.9 cm³/mol. The van der Waals surface area contributed by atoms with Gasteiger partial charge in [-0.3, -0.25) is 9.59 Å². The van der Waals surface area contributed by atoms with Crippen molar-refractivity contribution in [2.45, 2.75) is 33.8 Å². The molecule has 1 aromatic rings. The highest BCUT2D eigenvalue weighted by molar-refractivity contribution is 5.97. The van der Waals surface area contributed by atoms with E-state index in [1.54, 1.807) is 0 Å². The zero-order chi connectivity index (χ0) is 18.4. The van der Waals surface area contributed by atoms with E-state index in [0.717, 1.165) is 38.5 Å². The number of piperazine rings is 1. The Bertz CT molecular complexity index is 578. The van der Waals surface area contributed by atoms with E-state index in [-0.39, 0.29) is 24.5 Å². The van der Waals surface area contributed by atoms with Crippen LogP contribution < -0.4 is 9.64 Å². The summed E-state index contributed by atoms with van der Waals surface area (Å²) in [6.07, 6.45) is 0.0955. The van der Waals surface area contributed by atoms with Crippen molar-refractivity contribution in [1.29, 1.82) is 0 Å². The van der Waals surface area contributed by atoms with E-state index in [0.29, 0.717) is 5.69 Å². The lowest BCUT2D eigenvalue weighted by molar-refractivity contribution is -0.132. The number of hydrogen-bond donors (Lipinski definition) is 0. The first kappa shape index (κ1) is 19.2. The van der Waals surface area contributed by atoms with Gasteiger partial charge in [-0.15, -0.1) is 0 Å². The first-order chi connectivity index (χ1) is 11.9. The van der Waals surface area contributed by atoms with E-state index in [2.05, 4.69) is 11.8 Å². The Hall–Kier alpha value is -2.08. The van der Waals surface area contributed by atoms with E-state index >= 15 is 0 Å². The third-order valence-corrected chi connectivity index (χ3v) is 4.37. The van der Waals surface area contributed by atoms with Crippen molar-refractivity contribution >= 4 is 17.5 Å². The molecule has 1 aliphatic heterocycles. The number of likely N-dealkylation sites (N-methyl/N-ethyl adjacent to an activating group) is 1. The molecule has 0 atom stereocenters. The molecule has 1 saturated heterocycles. The van der Waals surface area contributed by atoms with Gasteiger partial charge in [0.2, 0.25) is 11.8 Å². The van der Waals surface area contributed by atoms with Crippen LogP contribution in [0.15, 0.2) is 24.3 Å². The molecule has 0 aliphatic carbocycles. The molecular formula is C19H29N3O3. The first-order valence-electron chi connectivity index (χ1n) is 8.95. The van der Waals surface area contributed by atoms with Crippen LogP contribution >= 0.6 is 0 Å². The van der Waals surface area contributed by atoms with Gasteiger partial charge in [0.05, 0.1) is 6.10 Å². The zero-order valence-electron chi connectivity index (χ0n) is 15.7. The lowest BCUT2D eigenvalue weighted by Crippen LogP contribution is -2.51. The van der Waals surface area contributed by atoms with Gasteiger partial charge in [-0.05, 0) is 44.7 Å². The van der Waals surface area contributed by atoms with Crippen molar-refractivity contribution in [3.8, 4) is 5.75 Å². The van der Waals surface area contributed by atoms with Crippen molar-refractivity contribution in [3.05, 3.63) is 24.3 Å². The molecule has 2 amide bonds. The number of benzene rings is 1. The molecule has 0 unspecified atom stereocenters. The lowest BCUT2D eigenvalue weighted by Gasteiger charge is -2.35. The summed E-state index contributed by atoms with van der Waals surface area (Å²) in [6.45, 7) is 11.9. The molecule has 6 heteroatoms. The Labute approximate surface area is 150 Å². The normalized spacial score (nSPS) is 15.3. The number of amides is 2. The average Bonchev–Trinajstić information content (AvgIpc) is 2.59. The Morgan fingerprint density at radius 1 is 1.12 bits per heavy atom. The highest BCUT2D eigenvalue weighted by Gasteiger charge is 2.23. The highest BCUT2D eigenvalue weighted by Crippen LogP contribution is 2.21. The molecule has 0 saturated carbocycles. The number of carbonyl (C=O) groups is 2. The monoisotopic (exact) mass is 347 g/mol. The second-order valence-corrected chi connectivity index (χ2v) is 6.58. The van der Waals surface area contributed by atoms with Crippen LogP contribution in [0, 0.1) is 0 Å². The summed E-state index contributed by atoms with van der Waals surface area (Å²) in [7, 11) is 0. The van der Waals surface area contributed by atoms with E-state index in [1.807, 2.05) is 43.0 Å². The largest absolute Gasteiger partial charge is 0.491 e. The standard InChI is InChI=1S/C19H29N3O3/c1-5-20-10-12-21(13-11-20)19(24)14-22(16(4)23)17-6-8-18(9-7-17)25-15(2)3/h6-9,15H,5,10-14H2,1-4H3. The molecule has 0 bridgehead atoms. The van der Waals surface area contributed by atoms with Crippen LogP contribution in [0.4, 0.5) is 5.69 Å². The molecular weight excluding hydrogens is 318 g/mol. The third kappa shape index (κ3) is 5.46. The van der Waals surface area contributed by atoms with Crippen LogP contribution in [0.5, 0.6) is 5.75 Å².